The second kappa shape index (κ2) is 7.07. The Morgan fingerprint density at radius 1 is 1.00 bits per heavy atom. The van der Waals surface area contributed by atoms with Crippen LogP contribution in [0.5, 0.6) is 11.5 Å². The molecule has 3 rings (SSSR count). The summed E-state index contributed by atoms with van der Waals surface area (Å²) in [7, 11) is 3.24. The number of ether oxygens (including phenoxy) is 2. The number of nitrogens with zero attached hydrogens (tertiary/aromatic N) is 1. The topological polar surface area (TPSA) is 53.9 Å². The first-order chi connectivity index (χ1) is 11.6. The van der Waals surface area contributed by atoms with Gasteiger partial charge < -0.3 is 9.47 Å². The maximum absolute atomic E-state index is 5.97. The third-order valence-electron chi connectivity index (χ3n) is 3.69. The summed E-state index contributed by atoms with van der Waals surface area (Å²) >= 11 is 11.4. The van der Waals surface area contributed by atoms with E-state index in [4.69, 9.17) is 33.3 Å². The minimum absolute atomic E-state index is 0.591. The van der Waals surface area contributed by atoms with Crippen LogP contribution in [0.4, 0.5) is 0 Å². The molecule has 3 aromatic rings. The SMILES string of the molecule is COc1ccc(Cc2[nH][nH]c(=S)[n+]2-c2ccc(Cl)cc2)cc1OC. The van der Waals surface area contributed by atoms with E-state index in [-0.39, 0.29) is 0 Å². The van der Waals surface area contributed by atoms with Crippen LogP contribution in [0.15, 0.2) is 42.5 Å². The van der Waals surface area contributed by atoms with Crippen molar-refractivity contribution in [2.24, 2.45) is 0 Å². The predicted octanol–water partition coefficient (Wildman–Crippen LogP) is 3.61. The van der Waals surface area contributed by atoms with Crippen LogP contribution in [0.1, 0.15) is 11.4 Å². The second-order valence-electron chi connectivity index (χ2n) is 5.18. The molecule has 0 bridgehead atoms. The van der Waals surface area contributed by atoms with Gasteiger partial charge in [-0.3, -0.25) is 0 Å². The largest absolute Gasteiger partial charge is 0.493 e. The normalized spacial score (nSPS) is 10.6. The Balaban J connectivity index is 1.97. The van der Waals surface area contributed by atoms with Crippen molar-refractivity contribution in [3.05, 3.63) is 63.6 Å². The van der Waals surface area contributed by atoms with Gasteiger partial charge in [0.2, 0.25) is 5.82 Å². The molecule has 0 aliphatic heterocycles. The molecule has 0 saturated carbocycles. The molecule has 0 aliphatic carbocycles. The summed E-state index contributed by atoms with van der Waals surface area (Å²) in [5.41, 5.74) is 2.01. The highest BCUT2D eigenvalue weighted by molar-refractivity contribution is 7.71. The van der Waals surface area contributed by atoms with Crippen molar-refractivity contribution in [2.45, 2.75) is 6.42 Å². The maximum atomic E-state index is 5.97. The maximum Gasteiger partial charge on any atom is 0.328 e. The summed E-state index contributed by atoms with van der Waals surface area (Å²) in [6, 6.07) is 13.4. The molecule has 7 heteroatoms. The van der Waals surface area contributed by atoms with Gasteiger partial charge in [0.15, 0.2) is 11.5 Å². The highest BCUT2D eigenvalue weighted by atomic mass is 35.5. The zero-order valence-electron chi connectivity index (χ0n) is 13.3. The number of halogens is 1. The third kappa shape index (κ3) is 3.29. The van der Waals surface area contributed by atoms with E-state index in [0.29, 0.717) is 27.7 Å². The molecule has 1 heterocycles. The highest BCUT2D eigenvalue weighted by Crippen LogP contribution is 2.28. The van der Waals surface area contributed by atoms with Crippen molar-refractivity contribution >= 4 is 23.8 Å². The smallest absolute Gasteiger partial charge is 0.328 e. The Hall–Kier alpha value is -2.31. The molecule has 2 aromatic carbocycles. The van der Waals surface area contributed by atoms with E-state index in [1.165, 1.54) is 0 Å². The van der Waals surface area contributed by atoms with Gasteiger partial charge >= 0.3 is 4.77 Å². The lowest BCUT2D eigenvalue weighted by atomic mass is 10.1. The summed E-state index contributed by atoms with van der Waals surface area (Å²) in [6.45, 7) is 0. The Morgan fingerprint density at radius 2 is 1.71 bits per heavy atom. The van der Waals surface area contributed by atoms with Gasteiger partial charge in [0.1, 0.15) is 5.69 Å². The Bertz CT molecular complexity index is 903. The van der Waals surface area contributed by atoms with Crippen LogP contribution in [0.3, 0.4) is 0 Å². The first kappa shape index (κ1) is 16.5. The van der Waals surface area contributed by atoms with Crippen LogP contribution in [0, 0.1) is 4.77 Å². The molecular weight excluding hydrogens is 346 g/mol. The van der Waals surface area contributed by atoms with E-state index in [1.807, 2.05) is 47.0 Å². The van der Waals surface area contributed by atoms with Crippen molar-refractivity contribution in [3.63, 3.8) is 0 Å². The standard InChI is InChI=1S/C17H16ClN3O2S/c1-22-14-8-3-11(9-15(14)23-2)10-16-19-20-17(24)21(16)13-6-4-12(18)5-7-13/h3-9H,10H2,1-2H3,(H,20,24)/p+1. The molecule has 0 unspecified atom stereocenters. The zero-order chi connectivity index (χ0) is 17.1. The van der Waals surface area contributed by atoms with Crippen LogP contribution < -0.4 is 14.0 Å². The number of aromatic nitrogens is 3. The Kier molecular flexibility index (Phi) is 4.87. The lowest BCUT2D eigenvalue weighted by Crippen LogP contribution is -2.35. The molecule has 5 nitrogen and oxygen atoms in total. The number of H-pyrrole nitrogens is 2. The van der Waals surface area contributed by atoms with Crippen LogP contribution in [-0.4, -0.2) is 24.4 Å². The van der Waals surface area contributed by atoms with Crippen LogP contribution >= 0.6 is 23.8 Å². The quantitative estimate of drug-likeness (QED) is 0.538. The average molecular weight is 363 g/mol. The molecule has 0 saturated heterocycles. The average Bonchev–Trinajstić information content (AvgIpc) is 2.96. The summed E-state index contributed by atoms with van der Waals surface area (Å²) in [5.74, 6) is 2.32. The number of rotatable bonds is 5. The van der Waals surface area contributed by atoms with Gasteiger partial charge in [0, 0.05) is 5.02 Å². The first-order valence-electron chi connectivity index (χ1n) is 7.31. The van der Waals surface area contributed by atoms with E-state index >= 15 is 0 Å². The fourth-order valence-corrected chi connectivity index (χ4v) is 2.92. The van der Waals surface area contributed by atoms with Crippen LogP contribution in [0.25, 0.3) is 5.69 Å². The number of methoxy groups -OCH3 is 2. The molecule has 0 aliphatic rings. The fourth-order valence-electron chi connectivity index (χ4n) is 2.53. The number of hydrogen-bond acceptors (Lipinski definition) is 3. The number of hydrogen-bond donors (Lipinski definition) is 2. The van der Waals surface area contributed by atoms with E-state index in [0.717, 1.165) is 17.1 Å². The van der Waals surface area contributed by atoms with Gasteiger partial charge in [-0.05, 0) is 54.2 Å². The van der Waals surface area contributed by atoms with Crippen molar-refractivity contribution < 1.29 is 14.0 Å². The minimum Gasteiger partial charge on any atom is -0.493 e. The molecule has 124 valence electrons. The van der Waals surface area contributed by atoms with Crippen molar-refractivity contribution in [3.8, 4) is 17.2 Å². The Labute approximate surface area is 149 Å². The molecule has 0 atom stereocenters. The summed E-state index contributed by atoms with van der Waals surface area (Å²) in [4.78, 5) is 0. The van der Waals surface area contributed by atoms with Gasteiger partial charge in [-0.15, -0.1) is 5.10 Å². The van der Waals surface area contributed by atoms with Gasteiger partial charge in [0.05, 0.1) is 20.6 Å². The molecule has 2 N–H and O–H groups in total. The van der Waals surface area contributed by atoms with Gasteiger partial charge in [-0.25, -0.2) is 0 Å². The highest BCUT2D eigenvalue weighted by Gasteiger charge is 2.16. The molecule has 24 heavy (non-hydrogen) atoms. The monoisotopic (exact) mass is 362 g/mol. The molecule has 0 amide bonds. The van der Waals surface area contributed by atoms with Gasteiger partial charge in [-0.1, -0.05) is 17.7 Å². The number of nitrogens with one attached hydrogen (secondary N) is 2. The van der Waals surface area contributed by atoms with Crippen molar-refractivity contribution in [1.29, 1.82) is 0 Å². The lowest BCUT2D eigenvalue weighted by molar-refractivity contribution is -0.610. The third-order valence-corrected chi connectivity index (χ3v) is 4.23. The minimum atomic E-state index is 0.591. The summed E-state index contributed by atoms with van der Waals surface area (Å²) < 4.78 is 13.2. The predicted molar refractivity (Wildman–Crippen MR) is 94.9 cm³/mol. The van der Waals surface area contributed by atoms with Crippen molar-refractivity contribution in [1.82, 2.24) is 10.2 Å². The Morgan fingerprint density at radius 3 is 2.38 bits per heavy atom. The van der Waals surface area contributed by atoms with Crippen LogP contribution in [-0.2, 0) is 6.42 Å². The zero-order valence-corrected chi connectivity index (χ0v) is 14.9. The van der Waals surface area contributed by atoms with E-state index in [2.05, 4.69) is 10.2 Å². The lowest BCUT2D eigenvalue weighted by Gasteiger charge is -2.09. The van der Waals surface area contributed by atoms with Gasteiger partial charge in [0.25, 0.3) is 0 Å². The fraction of sp³-hybridized carbons (Fsp3) is 0.176. The summed E-state index contributed by atoms with van der Waals surface area (Å²) in [5, 5.41) is 6.80. The number of benzene rings is 2. The summed E-state index contributed by atoms with van der Waals surface area (Å²) in [6.07, 6.45) is 0.649. The molecular formula is C17H17ClN3O2S+. The molecule has 0 spiro atoms. The number of aromatic amines is 2. The molecule has 0 radical (unpaired) electrons. The molecule has 1 aromatic heterocycles. The second-order valence-corrected chi connectivity index (χ2v) is 6.00. The van der Waals surface area contributed by atoms with Gasteiger partial charge in [-0.2, -0.15) is 9.67 Å². The van der Waals surface area contributed by atoms with Crippen LogP contribution in [0.2, 0.25) is 5.02 Å². The van der Waals surface area contributed by atoms with Crippen molar-refractivity contribution in [2.75, 3.05) is 14.2 Å². The molecule has 0 fully saturated rings. The van der Waals surface area contributed by atoms with E-state index < -0.39 is 0 Å². The van der Waals surface area contributed by atoms with E-state index in [1.54, 1.807) is 14.2 Å². The first-order valence-corrected chi connectivity index (χ1v) is 8.09. The van der Waals surface area contributed by atoms with E-state index in [9.17, 15) is 0 Å².